The minimum Gasteiger partial charge on any atom is -0.507 e. The van der Waals surface area contributed by atoms with Gasteiger partial charge < -0.3 is 10.8 Å². The summed E-state index contributed by atoms with van der Waals surface area (Å²) in [6, 6.07) is 19.3. The molecule has 2 heteroatoms. The van der Waals surface area contributed by atoms with Gasteiger partial charge in [-0.15, -0.1) is 0 Å². The number of aromatic hydroxyl groups is 1. The van der Waals surface area contributed by atoms with Gasteiger partial charge in [-0.3, -0.25) is 0 Å². The molecule has 3 aromatic carbocycles. The molecule has 0 aliphatic heterocycles. The molecule has 0 heterocycles. The van der Waals surface area contributed by atoms with Gasteiger partial charge in [-0.2, -0.15) is 0 Å². The number of nitrogens with two attached hydrogens (primary N) is 1. The first-order chi connectivity index (χ1) is 8.77. The van der Waals surface area contributed by atoms with Gasteiger partial charge in [0.05, 0.1) is 0 Å². The smallest absolute Gasteiger partial charge is 0.123 e. The van der Waals surface area contributed by atoms with E-state index >= 15 is 0 Å². The van der Waals surface area contributed by atoms with Crippen LogP contribution >= 0.6 is 0 Å². The van der Waals surface area contributed by atoms with Crippen LogP contribution < -0.4 is 5.73 Å². The molecule has 0 saturated carbocycles. The van der Waals surface area contributed by atoms with Crippen LogP contribution in [0.5, 0.6) is 5.75 Å². The molecule has 0 unspecified atom stereocenters. The van der Waals surface area contributed by atoms with Crippen LogP contribution in [0.25, 0.3) is 21.9 Å². The molecule has 2 nitrogen and oxygen atoms in total. The topological polar surface area (TPSA) is 46.2 Å². The van der Waals surface area contributed by atoms with Crippen LogP contribution in [0.15, 0.2) is 60.7 Å². The van der Waals surface area contributed by atoms with Crippen LogP contribution in [0.2, 0.25) is 0 Å². The lowest BCUT2D eigenvalue weighted by Crippen LogP contribution is -1.92. The fraction of sp³-hybridized carbons (Fsp3) is 0. The minimum atomic E-state index is 0.263. The molecule has 0 aliphatic rings. The van der Waals surface area contributed by atoms with E-state index < -0.39 is 0 Å². The van der Waals surface area contributed by atoms with Crippen LogP contribution in [0.3, 0.4) is 0 Å². The second kappa shape index (κ2) is 4.08. The van der Waals surface area contributed by atoms with Gasteiger partial charge in [-0.05, 0) is 17.7 Å². The molecule has 0 fully saturated rings. The Kier molecular flexibility index (Phi) is 2.41. The number of anilines is 1. The van der Waals surface area contributed by atoms with Gasteiger partial charge in [0.15, 0.2) is 0 Å². The molecule has 88 valence electrons. The van der Waals surface area contributed by atoms with Gasteiger partial charge in [0.2, 0.25) is 0 Å². The van der Waals surface area contributed by atoms with Gasteiger partial charge in [-0.1, -0.05) is 48.5 Å². The summed E-state index contributed by atoms with van der Waals surface area (Å²) in [6.45, 7) is 0. The average molecular weight is 235 g/mol. The highest BCUT2D eigenvalue weighted by molar-refractivity contribution is 6.02. The third-order valence-electron chi connectivity index (χ3n) is 3.16. The van der Waals surface area contributed by atoms with Crippen molar-refractivity contribution in [2.75, 3.05) is 5.73 Å². The van der Waals surface area contributed by atoms with Crippen molar-refractivity contribution < 1.29 is 5.11 Å². The van der Waals surface area contributed by atoms with Crippen molar-refractivity contribution in [2.24, 2.45) is 0 Å². The Labute approximate surface area is 105 Å². The molecule has 18 heavy (non-hydrogen) atoms. The predicted molar refractivity (Wildman–Crippen MR) is 75.5 cm³/mol. The van der Waals surface area contributed by atoms with Gasteiger partial charge in [0.25, 0.3) is 0 Å². The van der Waals surface area contributed by atoms with Crippen LogP contribution in [-0.2, 0) is 0 Å². The van der Waals surface area contributed by atoms with E-state index in [4.69, 9.17) is 5.73 Å². The van der Waals surface area contributed by atoms with Gasteiger partial charge >= 0.3 is 0 Å². The van der Waals surface area contributed by atoms with Crippen molar-refractivity contribution in [1.29, 1.82) is 0 Å². The minimum absolute atomic E-state index is 0.263. The summed E-state index contributed by atoms with van der Waals surface area (Å²) in [5, 5.41) is 11.5. The lowest BCUT2D eigenvalue weighted by atomic mass is 9.98. The first-order valence-corrected chi connectivity index (χ1v) is 5.83. The van der Waals surface area contributed by atoms with Crippen molar-refractivity contribution in [3.8, 4) is 16.9 Å². The third kappa shape index (κ3) is 1.59. The Morgan fingerprint density at radius 1 is 0.722 bits per heavy atom. The summed E-state index contributed by atoms with van der Waals surface area (Å²) in [5.74, 6) is 0.263. The highest BCUT2D eigenvalue weighted by Gasteiger charge is 2.08. The molecule has 0 aliphatic carbocycles. The van der Waals surface area contributed by atoms with E-state index in [0.29, 0.717) is 5.69 Å². The van der Waals surface area contributed by atoms with Gasteiger partial charge in [0.1, 0.15) is 5.75 Å². The molecule has 0 amide bonds. The van der Waals surface area contributed by atoms with Crippen molar-refractivity contribution in [3.05, 3.63) is 60.7 Å². The van der Waals surface area contributed by atoms with E-state index in [1.165, 1.54) is 0 Å². The van der Waals surface area contributed by atoms with E-state index in [-0.39, 0.29) is 5.75 Å². The first kappa shape index (κ1) is 10.7. The molecule has 3 aromatic rings. The highest BCUT2D eigenvalue weighted by atomic mass is 16.3. The number of phenols is 1. The molecule has 0 spiro atoms. The maximum atomic E-state index is 9.80. The van der Waals surface area contributed by atoms with E-state index in [2.05, 4.69) is 0 Å². The van der Waals surface area contributed by atoms with Crippen molar-refractivity contribution >= 4 is 16.5 Å². The van der Waals surface area contributed by atoms with Crippen molar-refractivity contribution in [2.45, 2.75) is 0 Å². The fourth-order valence-corrected chi connectivity index (χ4v) is 2.23. The number of rotatable bonds is 1. The molecular weight excluding hydrogens is 222 g/mol. The second-order valence-electron chi connectivity index (χ2n) is 4.27. The van der Waals surface area contributed by atoms with E-state index in [0.717, 1.165) is 21.9 Å². The van der Waals surface area contributed by atoms with E-state index in [9.17, 15) is 5.11 Å². The molecule has 0 bridgehead atoms. The molecule has 3 rings (SSSR count). The molecule has 0 saturated heterocycles. The summed E-state index contributed by atoms with van der Waals surface area (Å²) in [5.41, 5.74) is 8.99. The Hall–Kier alpha value is -2.48. The maximum Gasteiger partial charge on any atom is 0.123 e. The predicted octanol–water partition coefficient (Wildman–Crippen LogP) is 3.79. The Bertz CT molecular complexity index is 705. The number of nitrogen functional groups attached to an aromatic ring is 1. The number of hydrogen-bond acceptors (Lipinski definition) is 2. The summed E-state index contributed by atoms with van der Waals surface area (Å²) in [4.78, 5) is 0. The Morgan fingerprint density at radius 2 is 1.50 bits per heavy atom. The standard InChI is InChI=1S/C16H13NO/c17-16-12(11-5-2-1-3-6-11)9-10-13-14(16)7-4-8-15(13)18/h1-10,18H,17H2. The summed E-state index contributed by atoms with van der Waals surface area (Å²) < 4.78 is 0. The zero-order chi connectivity index (χ0) is 12.5. The second-order valence-corrected chi connectivity index (χ2v) is 4.27. The molecule has 0 atom stereocenters. The van der Waals surface area contributed by atoms with Crippen LogP contribution in [-0.4, -0.2) is 5.11 Å². The molecular formula is C16H13NO. The normalized spacial score (nSPS) is 10.7. The number of phenolic OH excluding ortho intramolecular Hbond substituents is 1. The number of fused-ring (bicyclic) bond motifs is 1. The number of hydrogen-bond donors (Lipinski definition) is 2. The third-order valence-corrected chi connectivity index (χ3v) is 3.16. The largest absolute Gasteiger partial charge is 0.507 e. The summed E-state index contributed by atoms with van der Waals surface area (Å²) in [7, 11) is 0. The quantitative estimate of drug-likeness (QED) is 0.630. The fourth-order valence-electron chi connectivity index (χ4n) is 2.23. The Balaban J connectivity index is 2.31. The van der Waals surface area contributed by atoms with Crippen molar-refractivity contribution in [1.82, 2.24) is 0 Å². The molecule has 0 aromatic heterocycles. The van der Waals surface area contributed by atoms with Crippen molar-refractivity contribution in [3.63, 3.8) is 0 Å². The lowest BCUT2D eigenvalue weighted by Gasteiger charge is -2.10. The molecule has 3 N–H and O–H groups in total. The highest BCUT2D eigenvalue weighted by Crippen LogP contribution is 2.35. The summed E-state index contributed by atoms with van der Waals surface area (Å²) >= 11 is 0. The van der Waals surface area contributed by atoms with Gasteiger partial charge in [-0.25, -0.2) is 0 Å². The zero-order valence-electron chi connectivity index (χ0n) is 9.80. The molecule has 0 radical (unpaired) electrons. The van der Waals surface area contributed by atoms with E-state index in [1.807, 2.05) is 54.6 Å². The van der Waals surface area contributed by atoms with Crippen LogP contribution in [0, 0.1) is 0 Å². The lowest BCUT2D eigenvalue weighted by molar-refractivity contribution is 0.481. The monoisotopic (exact) mass is 235 g/mol. The SMILES string of the molecule is Nc1c(-c2ccccc2)ccc2c(O)cccc12. The first-order valence-electron chi connectivity index (χ1n) is 5.83. The van der Waals surface area contributed by atoms with Crippen LogP contribution in [0.1, 0.15) is 0 Å². The Morgan fingerprint density at radius 3 is 2.28 bits per heavy atom. The van der Waals surface area contributed by atoms with Gasteiger partial charge in [0, 0.05) is 22.0 Å². The number of benzene rings is 3. The van der Waals surface area contributed by atoms with E-state index in [1.54, 1.807) is 6.07 Å². The zero-order valence-corrected chi connectivity index (χ0v) is 9.80. The average Bonchev–Trinajstić information content (AvgIpc) is 2.41. The van der Waals surface area contributed by atoms with Crippen LogP contribution in [0.4, 0.5) is 5.69 Å². The maximum absolute atomic E-state index is 9.80. The summed E-state index contributed by atoms with van der Waals surface area (Å²) in [6.07, 6.45) is 0.